The first-order chi connectivity index (χ1) is 20.6. The minimum Gasteiger partial charge on any atom is -0.510 e. The second-order valence-corrected chi connectivity index (χ2v) is 12.9. The fourth-order valence-corrected chi connectivity index (χ4v) is 7.52. The predicted octanol–water partition coefficient (Wildman–Crippen LogP) is 2.30. The van der Waals surface area contributed by atoms with E-state index in [-0.39, 0.29) is 11.3 Å². The number of imidazole rings is 1. The van der Waals surface area contributed by atoms with E-state index in [1.165, 1.54) is 19.0 Å². The number of aliphatic hydroxyl groups excluding tert-OH is 3. The summed E-state index contributed by atoms with van der Waals surface area (Å²) in [4.78, 5) is 58.0. The smallest absolute Gasteiger partial charge is 0.255 e. The summed E-state index contributed by atoms with van der Waals surface area (Å²) >= 11 is 0. The van der Waals surface area contributed by atoms with Gasteiger partial charge in [-0.1, -0.05) is 32.9 Å². The number of Topliss-reactive ketones (excluding diaryl/α,β-unsaturated/α-hetero) is 2. The molecule has 0 unspecified atom stereocenters. The molecule has 1 amide bonds. The summed E-state index contributed by atoms with van der Waals surface area (Å²) in [5, 5.41) is 49.5. The highest BCUT2D eigenvalue weighted by atomic mass is 16.4. The summed E-state index contributed by atoms with van der Waals surface area (Å²) in [6.07, 6.45) is 4.94. The number of primary amides is 1. The molecule has 6 atom stereocenters. The maximum Gasteiger partial charge on any atom is 0.255 e. The minimum absolute atomic E-state index is 0.0827. The molecule has 1 aromatic carbocycles. The Hall–Kier alpha value is -4.20. The van der Waals surface area contributed by atoms with Crippen LogP contribution in [0.25, 0.3) is 0 Å². The third kappa shape index (κ3) is 4.32. The fourth-order valence-electron chi connectivity index (χ4n) is 7.52. The maximum atomic E-state index is 14.3. The molecule has 2 aromatic rings. The number of hydrogen-bond acceptors (Lipinski definition) is 11. The summed E-state index contributed by atoms with van der Waals surface area (Å²) in [6.45, 7) is 6.24. The van der Waals surface area contributed by atoms with Gasteiger partial charge in [0.2, 0.25) is 5.78 Å². The zero-order valence-electron chi connectivity index (χ0n) is 25.2. The van der Waals surface area contributed by atoms with Crippen LogP contribution in [-0.4, -0.2) is 84.2 Å². The molecule has 0 bridgehead atoms. The number of hydrogen-bond donors (Lipinski definition) is 5. The number of rotatable bonds is 8. The quantitative estimate of drug-likeness (QED) is 0.218. The van der Waals surface area contributed by atoms with Gasteiger partial charge in [0.05, 0.1) is 30.0 Å². The molecule has 6 N–H and O–H groups in total. The second kappa shape index (κ2) is 10.8. The van der Waals surface area contributed by atoms with Crippen LogP contribution in [0.5, 0.6) is 0 Å². The van der Waals surface area contributed by atoms with Crippen LogP contribution in [0.2, 0.25) is 0 Å². The second-order valence-electron chi connectivity index (χ2n) is 12.9. The normalized spacial score (nSPS) is 28.6. The van der Waals surface area contributed by atoms with Gasteiger partial charge in [-0.3, -0.25) is 19.3 Å². The van der Waals surface area contributed by atoms with Gasteiger partial charge in [0, 0.05) is 30.4 Å². The van der Waals surface area contributed by atoms with Gasteiger partial charge in [-0.25, -0.2) is 4.98 Å². The van der Waals surface area contributed by atoms with Crippen molar-refractivity contribution in [3.8, 4) is 0 Å². The Morgan fingerprint density at radius 1 is 1.23 bits per heavy atom. The third-order valence-electron chi connectivity index (χ3n) is 9.73. The van der Waals surface area contributed by atoms with Gasteiger partial charge in [0.25, 0.3) is 5.91 Å². The van der Waals surface area contributed by atoms with Crippen molar-refractivity contribution in [1.82, 2.24) is 14.5 Å². The molecule has 0 aliphatic heterocycles. The largest absolute Gasteiger partial charge is 0.510 e. The Kier molecular flexibility index (Phi) is 7.63. The van der Waals surface area contributed by atoms with Gasteiger partial charge < -0.3 is 30.7 Å². The molecular weight excluding hydrogens is 570 g/mol. The highest BCUT2D eigenvalue weighted by molar-refractivity contribution is 6.25. The lowest BCUT2D eigenvalue weighted by molar-refractivity contribution is -0.162. The average molecular weight is 608 g/mol. The van der Waals surface area contributed by atoms with Crippen molar-refractivity contribution in [3.05, 3.63) is 75.1 Å². The number of aromatic nitrogens is 2. The molecule has 0 spiro atoms. The van der Waals surface area contributed by atoms with Crippen LogP contribution < -0.4 is 5.73 Å². The van der Waals surface area contributed by atoms with Crippen LogP contribution in [0.3, 0.4) is 0 Å². The van der Waals surface area contributed by atoms with E-state index in [4.69, 9.17) is 5.73 Å². The number of aliphatic hydroxyl groups is 4. The van der Waals surface area contributed by atoms with Gasteiger partial charge >= 0.3 is 0 Å². The summed E-state index contributed by atoms with van der Waals surface area (Å²) < 4.78 is 1.93. The van der Waals surface area contributed by atoms with Crippen LogP contribution >= 0.6 is 0 Å². The Labute approximate surface area is 253 Å². The van der Waals surface area contributed by atoms with Gasteiger partial charge in [0.1, 0.15) is 22.8 Å². The van der Waals surface area contributed by atoms with Crippen LogP contribution in [-0.2, 0) is 21.5 Å². The molecular formula is C31H37N5O8. The third-order valence-corrected chi connectivity index (χ3v) is 9.73. The van der Waals surface area contributed by atoms with E-state index in [1.54, 1.807) is 31.6 Å². The van der Waals surface area contributed by atoms with Crippen LogP contribution in [0.4, 0.5) is 5.69 Å². The lowest BCUT2D eigenvalue weighted by Crippen LogP contribution is -2.68. The lowest BCUT2D eigenvalue weighted by atomic mass is 9.55. The van der Waals surface area contributed by atoms with Gasteiger partial charge in [0.15, 0.2) is 11.4 Å². The van der Waals surface area contributed by atoms with Crippen LogP contribution in [0.1, 0.15) is 61.0 Å². The number of nitrogens with zero attached hydrogens (tertiary/aromatic N) is 4. The van der Waals surface area contributed by atoms with Gasteiger partial charge in [-0.05, 0) is 54.6 Å². The van der Waals surface area contributed by atoms with Crippen LogP contribution in [0.15, 0.2) is 58.7 Å². The van der Waals surface area contributed by atoms with Gasteiger partial charge in [-0.15, -0.1) is 4.91 Å². The fraction of sp³-hybridized carbons (Fsp3) is 0.484. The number of carbonyl (C=O) groups excluding carboxylic acids is 3. The number of likely N-dealkylation sites (N-methyl/N-ethyl adjacent to an activating group) is 1. The molecule has 5 rings (SSSR count). The Morgan fingerprint density at radius 3 is 2.48 bits per heavy atom. The molecule has 1 aromatic heterocycles. The summed E-state index contributed by atoms with van der Waals surface area (Å²) in [5.74, 6) is -8.85. The molecule has 3 aliphatic carbocycles. The molecule has 0 saturated heterocycles. The van der Waals surface area contributed by atoms with Crippen molar-refractivity contribution in [2.75, 3.05) is 14.1 Å². The van der Waals surface area contributed by atoms with Crippen molar-refractivity contribution in [2.24, 2.45) is 22.7 Å². The average Bonchev–Trinajstić information content (AvgIpc) is 3.47. The lowest BCUT2D eigenvalue weighted by Gasteiger charge is -2.53. The molecule has 0 fully saturated rings. The number of carbonyl (C=O) groups is 3. The summed E-state index contributed by atoms with van der Waals surface area (Å²) in [6, 6.07) is 2.14. The first-order valence-electron chi connectivity index (χ1n) is 14.4. The molecule has 0 saturated carbocycles. The first-order valence-corrected chi connectivity index (χ1v) is 14.4. The molecule has 234 valence electrons. The maximum absolute atomic E-state index is 14.3. The van der Waals surface area contributed by atoms with Crippen molar-refractivity contribution in [1.29, 1.82) is 0 Å². The van der Waals surface area contributed by atoms with E-state index in [1.807, 2.05) is 24.6 Å². The van der Waals surface area contributed by atoms with Gasteiger partial charge in [-0.2, -0.15) is 0 Å². The molecule has 0 radical (unpaired) electrons. The van der Waals surface area contributed by atoms with E-state index in [2.05, 4.69) is 10.2 Å². The predicted molar refractivity (Wildman–Crippen MR) is 158 cm³/mol. The number of benzene rings is 1. The molecule has 13 heteroatoms. The summed E-state index contributed by atoms with van der Waals surface area (Å²) in [5.41, 5.74) is 1.14. The topological polar surface area (TPSA) is 209 Å². The monoisotopic (exact) mass is 607 g/mol. The molecule has 1 heterocycles. The highest BCUT2D eigenvalue weighted by Crippen LogP contribution is 2.56. The van der Waals surface area contributed by atoms with E-state index in [0.29, 0.717) is 24.1 Å². The van der Waals surface area contributed by atoms with Crippen LogP contribution in [0, 0.1) is 16.7 Å². The van der Waals surface area contributed by atoms with Crippen molar-refractivity contribution in [2.45, 2.75) is 69.2 Å². The molecule has 44 heavy (non-hydrogen) atoms. The number of nitroso groups, excluding NO2 is 1. The van der Waals surface area contributed by atoms with Crippen molar-refractivity contribution in [3.63, 3.8) is 0 Å². The first kappa shape index (κ1) is 31.2. The molecule has 13 nitrogen and oxygen atoms in total. The van der Waals surface area contributed by atoms with E-state index in [9.17, 15) is 39.7 Å². The standard InChI is InChI=1S/C31H37N5O8/c1-14-15-7-8-16(30(2,3)9-6-11-36-12-10-33-13-36)22(34-44)18(15)24(37)19-17(14)25(38)21-23(35(4)5)26(39)20(29(32)42)28(41)31(21,43)27(19)40/h7-8,10,12-14,17,21,23,25,38-40,43H,6,9,11H2,1-5H3,(H2,32,42)/t14-,17+,21+,23-,25-,31-/m0/s1. The Bertz CT molecular complexity index is 1630. The number of fused-ring (bicyclic) bond motifs is 3. The van der Waals surface area contributed by atoms with E-state index < -0.39 is 81.1 Å². The zero-order valence-corrected chi connectivity index (χ0v) is 25.2. The van der Waals surface area contributed by atoms with Crippen molar-refractivity contribution >= 4 is 23.2 Å². The van der Waals surface area contributed by atoms with E-state index >= 15 is 0 Å². The Morgan fingerprint density at radius 2 is 1.91 bits per heavy atom. The van der Waals surface area contributed by atoms with E-state index in [0.717, 1.165) is 6.42 Å². The molecule has 3 aliphatic rings. The summed E-state index contributed by atoms with van der Waals surface area (Å²) in [7, 11) is 2.98. The SMILES string of the molecule is C[C@H]1c2ccc(C(C)(C)CCCn3ccnc3)c(N=O)c2C(=O)C2=C(O)[C@]3(O)C(=O)C(C(N)=O)=C(O)[C@@H](N(C)C)[C@@H]3[C@@H](O)[C@@H]21. The number of ketones is 2. The highest BCUT2D eigenvalue weighted by Gasteiger charge is 2.67. The number of nitrogens with two attached hydrogens (primary N) is 1. The minimum atomic E-state index is -2.97. The Balaban J connectivity index is 1.66. The number of amides is 1. The number of aryl methyl sites for hydroxylation is 1. The zero-order chi connectivity index (χ0) is 32.5. The van der Waals surface area contributed by atoms with Crippen molar-refractivity contribution < 1.29 is 34.8 Å².